The molecule has 0 amide bonds. The molecule has 0 saturated carbocycles. The highest BCUT2D eigenvalue weighted by Gasteiger charge is 2.26. The summed E-state index contributed by atoms with van der Waals surface area (Å²) in [5.41, 5.74) is 4.28. The van der Waals surface area contributed by atoms with E-state index in [9.17, 15) is 0 Å². The Labute approximate surface area is 141 Å². The van der Waals surface area contributed by atoms with Crippen LogP contribution in [-0.2, 0) is 5.41 Å². The summed E-state index contributed by atoms with van der Waals surface area (Å²) in [4.78, 5) is 0. The van der Waals surface area contributed by atoms with Gasteiger partial charge in [-0.15, -0.1) is 0 Å². The van der Waals surface area contributed by atoms with E-state index in [-0.39, 0.29) is 5.41 Å². The summed E-state index contributed by atoms with van der Waals surface area (Å²) in [5, 5.41) is 0.806. The Morgan fingerprint density at radius 1 is 0.955 bits per heavy atom. The number of hydrogen-bond acceptors (Lipinski definition) is 0. The fourth-order valence-electron chi connectivity index (χ4n) is 3.20. The van der Waals surface area contributed by atoms with Crippen molar-refractivity contribution in [2.24, 2.45) is 5.92 Å². The van der Waals surface area contributed by atoms with Crippen LogP contribution in [0.1, 0.15) is 51.2 Å². The van der Waals surface area contributed by atoms with E-state index in [1.807, 2.05) is 12.1 Å². The lowest BCUT2D eigenvalue weighted by atomic mass is 9.73. The fourth-order valence-corrected chi connectivity index (χ4v) is 3.33. The maximum atomic E-state index is 6.01. The molecule has 2 unspecified atom stereocenters. The topological polar surface area (TPSA) is 0 Å². The van der Waals surface area contributed by atoms with Gasteiger partial charge >= 0.3 is 0 Å². The highest BCUT2D eigenvalue weighted by Crippen LogP contribution is 2.36. The predicted octanol–water partition coefficient (Wildman–Crippen LogP) is 4.71. The second-order valence-corrected chi connectivity index (χ2v) is 7.71. The van der Waals surface area contributed by atoms with Crippen LogP contribution in [-0.4, -0.2) is 7.85 Å². The van der Waals surface area contributed by atoms with E-state index in [1.165, 1.54) is 16.6 Å². The van der Waals surface area contributed by atoms with E-state index >= 15 is 0 Å². The molecule has 0 heterocycles. The van der Waals surface area contributed by atoms with E-state index in [4.69, 9.17) is 11.6 Å². The van der Waals surface area contributed by atoms with Crippen molar-refractivity contribution >= 4 is 24.9 Å². The molecule has 0 radical (unpaired) electrons. The molecule has 22 heavy (non-hydrogen) atoms. The summed E-state index contributed by atoms with van der Waals surface area (Å²) < 4.78 is 0. The van der Waals surface area contributed by atoms with Crippen molar-refractivity contribution in [3.63, 3.8) is 0 Å². The van der Waals surface area contributed by atoms with Crippen LogP contribution in [0.2, 0.25) is 5.02 Å². The standard InChI is InChI=1S/C20H26BCl/c1-14(15(2)16-5-9-18(21)10-6-16)13-20(3,4)17-7-11-19(22)12-8-17/h5-12,14-15H,13,21H2,1-4H3. The van der Waals surface area contributed by atoms with Crippen molar-refractivity contribution in [1.82, 2.24) is 0 Å². The van der Waals surface area contributed by atoms with Crippen LogP contribution < -0.4 is 5.46 Å². The van der Waals surface area contributed by atoms with E-state index < -0.39 is 0 Å². The van der Waals surface area contributed by atoms with Gasteiger partial charge in [0.2, 0.25) is 0 Å². The maximum Gasteiger partial charge on any atom is 0.139 e. The van der Waals surface area contributed by atoms with Gasteiger partial charge in [0, 0.05) is 5.02 Å². The number of hydrogen-bond donors (Lipinski definition) is 0. The third kappa shape index (κ3) is 4.17. The van der Waals surface area contributed by atoms with Gasteiger partial charge in [-0.1, -0.05) is 81.2 Å². The summed E-state index contributed by atoms with van der Waals surface area (Å²) in [5.74, 6) is 1.18. The third-order valence-electron chi connectivity index (χ3n) is 4.91. The molecule has 2 heteroatoms. The van der Waals surface area contributed by atoms with Gasteiger partial charge in [0.15, 0.2) is 0 Å². The minimum atomic E-state index is 0.156. The van der Waals surface area contributed by atoms with E-state index in [1.54, 1.807) is 0 Å². The summed E-state index contributed by atoms with van der Waals surface area (Å²) in [6.07, 6.45) is 1.16. The molecule has 0 aliphatic heterocycles. The Morgan fingerprint density at radius 2 is 1.50 bits per heavy atom. The summed E-state index contributed by atoms with van der Waals surface area (Å²) >= 11 is 6.01. The van der Waals surface area contributed by atoms with E-state index in [0.717, 1.165) is 11.4 Å². The van der Waals surface area contributed by atoms with Crippen LogP contribution in [0.15, 0.2) is 48.5 Å². The Kier molecular flexibility index (Phi) is 5.39. The summed E-state index contributed by atoms with van der Waals surface area (Å²) in [6.45, 7) is 9.36. The number of rotatable bonds is 5. The van der Waals surface area contributed by atoms with Gasteiger partial charge in [0.25, 0.3) is 0 Å². The molecular weight excluding hydrogens is 286 g/mol. The molecule has 0 nitrogen and oxygen atoms in total. The SMILES string of the molecule is Bc1ccc(C(C)C(C)CC(C)(C)c2ccc(Cl)cc2)cc1. The first-order chi connectivity index (χ1) is 10.3. The normalized spacial score (nSPS) is 14.6. The van der Waals surface area contributed by atoms with Crippen molar-refractivity contribution in [2.45, 2.75) is 45.4 Å². The zero-order chi connectivity index (χ0) is 16.3. The van der Waals surface area contributed by atoms with Crippen LogP contribution in [0, 0.1) is 5.92 Å². The summed E-state index contributed by atoms with van der Waals surface area (Å²) in [7, 11) is 2.14. The first kappa shape index (κ1) is 17.2. The largest absolute Gasteiger partial charge is 0.139 e. The van der Waals surface area contributed by atoms with Crippen LogP contribution in [0.4, 0.5) is 0 Å². The second-order valence-electron chi connectivity index (χ2n) is 7.27. The van der Waals surface area contributed by atoms with Crippen molar-refractivity contribution in [3.05, 3.63) is 64.7 Å². The Morgan fingerprint density at radius 3 is 2.05 bits per heavy atom. The lowest BCUT2D eigenvalue weighted by Gasteiger charge is -2.32. The highest BCUT2D eigenvalue weighted by atomic mass is 35.5. The maximum absolute atomic E-state index is 6.01. The predicted molar refractivity (Wildman–Crippen MR) is 101 cm³/mol. The van der Waals surface area contributed by atoms with E-state index in [2.05, 4.69) is 71.9 Å². The van der Waals surface area contributed by atoms with Gasteiger partial charge in [0.1, 0.15) is 7.85 Å². The highest BCUT2D eigenvalue weighted by molar-refractivity contribution is 6.32. The van der Waals surface area contributed by atoms with Gasteiger partial charge in [-0.2, -0.15) is 0 Å². The first-order valence-corrected chi connectivity index (χ1v) is 8.50. The van der Waals surface area contributed by atoms with Crippen LogP contribution in [0.25, 0.3) is 0 Å². The minimum absolute atomic E-state index is 0.156. The quantitative estimate of drug-likeness (QED) is 0.702. The van der Waals surface area contributed by atoms with Crippen LogP contribution in [0.5, 0.6) is 0 Å². The van der Waals surface area contributed by atoms with Crippen LogP contribution in [0.3, 0.4) is 0 Å². The molecule has 2 aromatic carbocycles. The monoisotopic (exact) mass is 312 g/mol. The zero-order valence-electron chi connectivity index (χ0n) is 14.4. The molecule has 2 aromatic rings. The molecule has 0 spiro atoms. The fraction of sp³-hybridized carbons (Fsp3) is 0.400. The van der Waals surface area contributed by atoms with Gasteiger partial charge in [0.05, 0.1) is 0 Å². The molecule has 0 aromatic heterocycles. The van der Waals surface area contributed by atoms with Crippen molar-refractivity contribution in [2.75, 3.05) is 0 Å². The molecule has 2 atom stereocenters. The third-order valence-corrected chi connectivity index (χ3v) is 5.17. The van der Waals surface area contributed by atoms with Gasteiger partial charge < -0.3 is 0 Å². The molecular formula is C20H26BCl. The number of halogens is 1. The zero-order valence-corrected chi connectivity index (χ0v) is 15.1. The summed E-state index contributed by atoms with van der Waals surface area (Å²) in [6, 6.07) is 17.3. The molecule has 0 saturated heterocycles. The number of benzene rings is 2. The Hall–Kier alpha value is -1.21. The van der Waals surface area contributed by atoms with Crippen molar-refractivity contribution in [3.8, 4) is 0 Å². The molecule has 2 rings (SSSR count). The van der Waals surface area contributed by atoms with Crippen LogP contribution >= 0.6 is 11.6 Å². The molecule has 0 aliphatic rings. The Bertz CT molecular complexity index is 599. The molecule has 0 aliphatic carbocycles. The van der Waals surface area contributed by atoms with Gasteiger partial charge in [-0.25, -0.2) is 0 Å². The Balaban J connectivity index is 2.10. The minimum Gasteiger partial charge on any atom is -0.0889 e. The van der Waals surface area contributed by atoms with Crippen molar-refractivity contribution in [1.29, 1.82) is 0 Å². The van der Waals surface area contributed by atoms with E-state index in [0.29, 0.717) is 11.8 Å². The lowest BCUT2D eigenvalue weighted by Crippen LogP contribution is -2.23. The molecule has 0 N–H and O–H groups in total. The first-order valence-electron chi connectivity index (χ1n) is 8.12. The smallest absolute Gasteiger partial charge is 0.0889 e. The average molecular weight is 313 g/mol. The molecule has 0 bridgehead atoms. The van der Waals surface area contributed by atoms with Crippen molar-refractivity contribution < 1.29 is 0 Å². The molecule has 0 fully saturated rings. The van der Waals surface area contributed by atoms with Gasteiger partial charge in [-0.3, -0.25) is 0 Å². The second kappa shape index (κ2) is 6.92. The molecule has 116 valence electrons. The lowest BCUT2D eigenvalue weighted by molar-refractivity contribution is 0.344. The average Bonchev–Trinajstić information content (AvgIpc) is 2.47. The van der Waals surface area contributed by atoms with Gasteiger partial charge in [-0.05, 0) is 46.9 Å².